The first kappa shape index (κ1) is 18.9. The standard InChI is InChI=1S/C20H15BrN4OS2/c21-15-8-6-14(7-9-15)17-12-23-20(25(17)16-4-2-1-3-5-16)28-13-18(26)24-19-22-10-11-27-19/h1-12H,13H2,(H,22,24,26). The molecular weight excluding hydrogens is 456 g/mol. The molecule has 2 aromatic heterocycles. The van der Waals surface area contributed by atoms with E-state index in [1.54, 1.807) is 6.20 Å². The van der Waals surface area contributed by atoms with Gasteiger partial charge in [-0.3, -0.25) is 9.36 Å². The van der Waals surface area contributed by atoms with Gasteiger partial charge in [-0.15, -0.1) is 11.3 Å². The van der Waals surface area contributed by atoms with E-state index in [4.69, 9.17) is 0 Å². The number of anilines is 1. The number of halogens is 1. The Morgan fingerprint density at radius 1 is 1.11 bits per heavy atom. The van der Waals surface area contributed by atoms with Gasteiger partial charge in [0.25, 0.3) is 0 Å². The lowest BCUT2D eigenvalue weighted by atomic mass is 10.1. The fourth-order valence-electron chi connectivity index (χ4n) is 2.66. The third-order valence-corrected chi connectivity index (χ3v) is 6.06. The van der Waals surface area contributed by atoms with Gasteiger partial charge in [0.05, 0.1) is 17.6 Å². The van der Waals surface area contributed by atoms with Crippen molar-refractivity contribution in [2.45, 2.75) is 5.16 Å². The average Bonchev–Trinajstić information content (AvgIpc) is 3.37. The van der Waals surface area contributed by atoms with Crippen molar-refractivity contribution in [3.63, 3.8) is 0 Å². The summed E-state index contributed by atoms with van der Waals surface area (Å²) in [6.45, 7) is 0. The van der Waals surface area contributed by atoms with Crippen molar-refractivity contribution in [3.8, 4) is 16.9 Å². The Morgan fingerprint density at radius 2 is 1.89 bits per heavy atom. The SMILES string of the molecule is O=C(CSc1ncc(-c2ccc(Br)cc2)n1-c1ccccc1)Nc1nccs1. The molecule has 2 heterocycles. The van der Waals surface area contributed by atoms with E-state index in [9.17, 15) is 4.79 Å². The summed E-state index contributed by atoms with van der Waals surface area (Å²) in [5.41, 5.74) is 3.03. The summed E-state index contributed by atoms with van der Waals surface area (Å²) in [4.78, 5) is 20.9. The van der Waals surface area contributed by atoms with Crippen molar-refractivity contribution in [2.75, 3.05) is 11.1 Å². The van der Waals surface area contributed by atoms with Crippen LogP contribution in [0.15, 0.2) is 82.0 Å². The summed E-state index contributed by atoms with van der Waals surface area (Å²) in [5.74, 6) is 0.149. The normalized spacial score (nSPS) is 10.8. The van der Waals surface area contributed by atoms with Gasteiger partial charge in [0.15, 0.2) is 10.3 Å². The number of nitrogens with zero attached hydrogens (tertiary/aromatic N) is 3. The van der Waals surface area contributed by atoms with Gasteiger partial charge in [0, 0.05) is 27.3 Å². The zero-order valence-corrected chi connectivity index (χ0v) is 17.8. The van der Waals surface area contributed by atoms with Crippen molar-refractivity contribution in [3.05, 3.63) is 76.8 Å². The van der Waals surface area contributed by atoms with Gasteiger partial charge >= 0.3 is 0 Å². The summed E-state index contributed by atoms with van der Waals surface area (Å²) in [6, 6.07) is 18.1. The highest BCUT2D eigenvalue weighted by Gasteiger charge is 2.15. The molecule has 28 heavy (non-hydrogen) atoms. The number of hydrogen-bond acceptors (Lipinski definition) is 5. The van der Waals surface area contributed by atoms with E-state index in [1.807, 2.05) is 66.2 Å². The van der Waals surface area contributed by atoms with Gasteiger partial charge in [-0.25, -0.2) is 9.97 Å². The minimum atomic E-state index is -0.104. The van der Waals surface area contributed by atoms with E-state index in [0.29, 0.717) is 5.13 Å². The van der Waals surface area contributed by atoms with Crippen molar-refractivity contribution in [1.82, 2.24) is 14.5 Å². The van der Waals surface area contributed by atoms with Gasteiger partial charge < -0.3 is 5.32 Å². The van der Waals surface area contributed by atoms with Crippen LogP contribution in [0.3, 0.4) is 0 Å². The molecule has 0 bridgehead atoms. The maximum atomic E-state index is 12.2. The zero-order valence-electron chi connectivity index (χ0n) is 14.6. The van der Waals surface area contributed by atoms with Crippen LogP contribution >= 0.6 is 39.0 Å². The summed E-state index contributed by atoms with van der Waals surface area (Å²) in [7, 11) is 0. The highest BCUT2D eigenvalue weighted by molar-refractivity contribution is 9.10. The predicted molar refractivity (Wildman–Crippen MR) is 118 cm³/mol. The van der Waals surface area contributed by atoms with Gasteiger partial charge in [0.1, 0.15) is 0 Å². The quantitative estimate of drug-likeness (QED) is 0.378. The van der Waals surface area contributed by atoms with Crippen LogP contribution in [-0.2, 0) is 4.79 Å². The fourth-order valence-corrected chi connectivity index (χ4v) is 4.26. The van der Waals surface area contributed by atoms with E-state index < -0.39 is 0 Å². The highest BCUT2D eigenvalue weighted by Crippen LogP contribution is 2.30. The fraction of sp³-hybridized carbons (Fsp3) is 0.0500. The van der Waals surface area contributed by atoms with Crippen LogP contribution < -0.4 is 5.32 Å². The molecule has 0 atom stereocenters. The molecule has 4 aromatic rings. The largest absolute Gasteiger partial charge is 0.301 e. The highest BCUT2D eigenvalue weighted by atomic mass is 79.9. The van der Waals surface area contributed by atoms with E-state index in [1.165, 1.54) is 23.1 Å². The van der Waals surface area contributed by atoms with Crippen molar-refractivity contribution >= 4 is 50.1 Å². The number of benzene rings is 2. The lowest BCUT2D eigenvalue weighted by molar-refractivity contribution is -0.113. The molecule has 0 saturated heterocycles. The second-order valence-corrected chi connectivity index (χ2v) is 8.53. The average molecular weight is 471 g/mol. The number of aromatic nitrogens is 3. The smallest absolute Gasteiger partial charge is 0.236 e. The summed E-state index contributed by atoms with van der Waals surface area (Å²) >= 11 is 6.27. The summed E-state index contributed by atoms with van der Waals surface area (Å²) in [5, 5.41) is 6.00. The van der Waals surface area contributed by atoms with Gasteiger partial charge in [-0.2, -0.15) is 0 Å². The van der Waals surface area contributed by atoms with Crippen molar-refractivity contribution in [1.29, 1.82) is 0 Å². The monoisotopic (exact) mass is 470 g/mol. The number of imidazole rings is 1. The van der Waals surface area contributed by atoms with Crippen LogP contribution in [0.4, 0.5) is 5.13 Å². The molecule has 1 amide bonds. The number of carbonyl (C=O) groups is 1. The van der Waals surface area contributed by atoms with E-state index in [0.717, 1.165) is 26.6 Å². The number of rotatable bonds is 6. The lowest BCUT2D eigenvalue weighted by Gasteiger charge is -2.12. The molecule has 0 aliphatic heterocycles. The molecule has 2 aromatic carbocycles. The zero-order chi connectivity index (χ0) is 19.3. The number of para-hydroxylation sites is 1. The molecule has 8 heteroatoms. The first-order valence-electron chi connectivity index (χ1n) is 8.42. The van der Waals surface area contributed by atoms with Crippen LogP contribution in [0.25, 0.3) is 16.9 Å². The lowest BCUT2D eigenvalue weighted by Crippen LogP contribution is -2.14. The minimum absolute atomic E-state index is 0.104. The first-order valence-corrected chi connectivity index (χ1v) is 11.1. The number of carbonyl (C=O) groups excluding carboxylic acids is 1. The van der Waals surface area contributed by atoms with Crippen LogP contribution in [0.1, 0.15) is 0 Å². The summed E-state index contributed by atoms with van der Waals surface area (Å²) < 4.78 is 3.10. The second kappa shape index (κ2) is 8.72. The molecular formula is C20H15BrN4OS2. The molecule has 0 unspecified atom stereocenters. The maximum absolute atomic E-state index is 12.2. The number of nitrogens with one attached hydrogen (secondary N) is 1. The third-order valence-electron chi connectivity index (χ3n) is 3.89. The van der Waals surface area contributed by atoms with Gasteiger partial charge in [-0.1, -0.05) is 58.0 Å². The van der Waals surface area contributed by atoms with E-state index in [-0.39, 0.29) is 11.7 Å². The Hall–Kier alpha value is -2.42. The number of amides is 1. The van der Waals surface area contributed by atoms with Crippen LogP contribution in [-0.4, -0.2) is 26.2 Å². The Kier molecular flexibility index (Phi) is 5.90. The Bertz CT molecular complexity index is 1060. The second-order valence-electron chi connectivity index (χ2n) is 5.78. The maximum Gasteiger partial charge on any atom is 0.236 e. The molecule has 4 rings (SSSR count). The molecule has 0 saturated carbocycles. The van der Waals surface area contributed by atoms with E-state index in [2.05, 4.69) is 35.8 Å². The van der Waals surface area contributed by atoms with Crippen LogP contribution in [0, 0.1) is 0 Å². The third kappa shape index (κ3) is 4.35. The van der Waals surface area contributed by atoms with Crippen molar-refractivity contribution in [2.24, 2.45) is 0 Å². The summed E-state index contributed by atoms with van der Waals surface area (Å²) in [6.07, 6.45) is 3.51. The number of hydrogen-bond donors (Lipinski definition) is 1. The molecule has 0 aliphatic rings. The number of thiazole rings is 1. The molecule has 1 N–H and O–H groups in total. The Morgan fingerprint density at radius 3 is 2.61 bits per heavy atom. The first-order chi connectivity index (χ1) is 13.7. The predicted octanol–water partition coefficient (Wildman–Crippen LogP) is 5.49. The number of thioether (sulfide) groups is 1. The topological polar surface area (TPSA) is 59.8 Å². The Labute approximate surface area is 179 Å². The van der Waals surface area contributed by atoms with Gasteiger partial charge in [0.2, 0.25) is 5.91 Å². The van der Waals surface area contributed by atoms with E-state index >= 15 is 0 Å². The van der Waals surface area contributed by atoms with Crippen LogP contribution in [0.2, 0.25) is 0 Å². The van der Waals surface area contributed by atoms with Crippen molar-refractivity contribution < 1.29 is 4.79 Å². The molecule has 0 fully saturated rings. The van der Waals surface area contributed by atoms with Crippen LogP contribution in [0.5, 0.6) is 0 Å². The molecule has 0 radical (unpaired) electrons. The molecule has 140 valence electrons. The molecule has 0 spiro atoms. The molecule has 0 aliphatic carbocycles. The minimum Gasteiger partial charge on any atom is -0.301 e. The van der Waals surface area contributed by atoms with Gasteiger partial charge in [-0.05, 0) is 24.3 Å². The molecule has 5 nitrogen and oxygen atoms in total. The Balaban J connectivity index is 1.62.